The van der Waals surface area contributed by atoms with Crippen molar-refractivity contribution in [3.63, 3.8) is 0 Å². The number of halogens is 1. The van der Waals surface area contributed by atoms with Crippen molar-refractivity contribution in [2.24, 2.45) is 11.5 Å². The van der Waals surface area contributed by atoms with Crippen molar-refractivity contribution < 1.29 is 138 Å². The Morgan fingerprint density at radius 1 is 0.608 bits per heavy atom. The first kappa shape index (κ1) is 95.9. The van der Waals surface area contributed by atoms with Crippen molar-refractivity contribution in [2.45, 2.75) is 193 Å². The number of aliphatic carboxylic acids is 1. The maximum absolute atomic E-state index is 15.4. The number of β-amino-alcohol motifs (C(OH)–C–C–N with tert-alkyl or cyclic N) is 1. The van der Waals surface area contributed by atoms with Crippen LogP contribution < -0.4 is 85.3 Å². The molecule has 3 aromatic carbocycles. The highest BCUT2D eigenvalue weighted by Crippen LogP contribution is 2.25. The molecule has 654 valence electrons. The summed E-state index contributed by atoms with van der Waals surface area (Å²) in [6.07, 6.45) is -19.0. The highest BCUT2D eigenvalue weighted by molar-refractivity contribution is 9.10. The van der Waals surface area contributed by atoms with Gasteiger partial charge in [-0.15, -0.1) is 0 Å². The second-order valence-corrected chi connectivity index (χ2v) is 30.1. The highest BCUT2D eigenvalue weighted by atomic mass is 79.9. The number of aliphatic hydroxyl groups is 10. The zero-order valence-corrected chi connectivity index (χ0v) is 66.7. The SMILES string of the molecule is CC(/C=C/c1ccccc1)=C\[C@H](O)[C@@H]1CC(=O)N[C@@H](CO)C(=O)N[C@@H]2CN3C=C(C[C@H](NC(=O)CCC[C@@H](C(=O)[O-])NC(=O)[C@H](O)CNC(=O)[C@H]([C@@H](C)c4ccc(Br)cc4)NC(=O)[C@H]([C@@H](O)C(N)=O)NC(=O)[C@H](CC(N)=O)NC2=O)C(=O)N[C@@H]([C@H](C)O)C(=O)N[C@@H](CO)C(=O)N[C@@H](Cc2ccccc2)C(=O)N1)[NH+]([C@@H]1O[C@H](CO)[C@H](O)[C@H](O)[C@H]1O)C3. The standard InChI is InChI=1S/C76H101BrN16O27/c1-35(17-18-38-11-6-4-7-12-38)23-51(98)44-27-56(102)82-49(31-94)69(112)87-48-30-92-29-42(93(34-92)75-63(106)62(105)60(103)53(33-96)120-75)25-46(66(109)90-58(37(3)97)73(116)88-50(32-95)70(113)85-45(65(108)84-44)24-39-13-8-5-9-14-39)81-55(101)16-10-15-43(76(118)119)83-71(114)52(99)28-80-72(115)57(36(2)40-19-21-41(77)22-20-40)89-74(117)59(61(104)64(79)107)91-67(110)47(26-54(78)100)86-68(48)111/h4-9,11-14,17-23,29,36-37,43-53,57-63,75,94-99,103-106H,10,15-16,24-28,30-34H2,1-3H3,(H2,78,100)(H2,79,107)(H,80,115)(H,81,101)(H,82,102)(H,83,114)(H,84,108)(H,85,113)(H,86,111)(H,87,112)(H,88,116)(H,89,117)(H,90,109)(H,91,110)(H,118,119)/b18-17+,35-23+/t36-,37-,43-,44-,45-,46-,47-,48+,49-,50-,51-,52+,53+,57-,58-,59-,60-,61+,62-,63+,75+/m0/s1. The summed E-state index contributed by atoms with van der Waals surface area (Å²) < 4.78 is 6.51. The van der Waals surface area contributed by atoms with Crippen LogP contribution in [0.5, 0.6) is 0 Å². The molecule has 4 heterocycles. The van der Waals surface area contributed by atoms with Gasteiger partial charge in [0.25, 0.3) is 5.91 Å². The van der Waals surface area contributed by atoms with Crippen LogP contribution >= 0.6 is 15.9 Å². The number of carboxylic acids is 1. The summed E-state index contributed by atoms with van der Waals surface area (Å²) >= 11 is 3.29. The van der Waals surface area contributed by atoms with Crippen LogP contribution in [0.3, 0.4) is 0 Å². The van der Waals surface area contributed by atoms with Gasteiger partial charge in [0.15, 0.2) is 18.9 Å². The second kappa shape index (κ2) is 45.2. The average Bonchev–Trinajstić information content (AvgIpc) is 1.61. The number of carboxylic acid groups (broad SMARTS) is 1. The number of amides is 14. The second-order valence-electron chi connectivity index (χ2n) is 29.2. The van der Waals surface area contributed by atoms with Crippen LogP contribution in [0, 0.1) is 0 Å². The van der Waals surface area contributed by atoms with Crippen LogP contribution in [0.15, 0.2) is 119 Å². The molecule has 0 radical (unpaired) electrons. The van der Waals surface area contributed by atoms with Crippen LogP contribution in [-0.4, -0.2) is 306 Å². The third-order valence-corrected chi connectivity index (χ3v) is 20.5. The number of hydrogen-bond donors (Lipinski definition) is 25. The average molecular weight is 1750 g/mol. The maximum Gasteiger partial charge on any atom is 0.251 e. The van der Waals surface area contributed by atoms with E-state index in [-0.39, 0.29) is 16.2 Å². The van der Waals surface area contributed by atoms with Gasteiger partial charge in [0, 0.05) is 29.7 Å². The molecule has 0 aromatic heterocycles. The minimum absolute atomic E-state index is 0.257. The van der Waals surface area contributed by atoms with Crippen LogP contribution in [-0.2, 0) is 83.1 Å². The normalized spacial score (nSPS) is 29.6. The number of allylic oxidation sites excluding steroid dienone is 2. The largest absolute Gasteiger partial charge is 0.548 e. The molecule has 7 rings (SSSR count). The quantitative estimate of drug-likeness (QED) is 0.0526. The van der Waals surface area contributed by atoms with E-state index in [1.54, 1.807) is 79.7 Å². The van der Waals surface area contributed by atoms with Crippen molar-refractivity contribution in [3.8, 4) is 0 Å². The summed E-state index contributed by atoms with van der Waals surface area (Å²) in [6.45, 7) is -2.53. The Morgan fingerprint density at radius 3 is 1.80 bits per heavy atom. The Balaban J connectivity index is 1.43. The molecule has 4 aliphatic rings. The highest BCUT2D eigenvalue weighted by Gasteiger charge is 2.52. The molecule has 0 aliphatic carbocycles. The third-order valence-electron chi connectivity index (χ3n) is 20.0. The number of carbonyl (C=O) groups is 15. The number of nitrogens with two attached hydrogens (primary N) is 2. The Bertz CT molecular complexity index is 4260. The molecule has 1 fully saturated rings. The number of primary amides is 2. The van der Waals surface area contributed by atoms with Gasteiger partial charge in [0.2, 0.25) is 83.0 Å². The van der Waals surface area contributed by atoms with Gasteiger partial charge >= 0.3 is 0 Å². The van der Waals surface area contributed by atoms with Gasteiger partial charge < -0.3 is 146 Å². The Hall–Kier alpha value is -11.3. The molecule has 27 N–H and O–H groups in total. The number of hydrogen-bond acceptors (Lipinski definition) is 28. The van der Waals surface area contributed by atoms with Crippen molar-refractivity contribution in [1.82, 2.24) is 68.7 Å². The molecule has 14 amide bonds. The molecule has 1 saturated heterocycles. The number of nitrogens with zero attached hydrogens (tertiary/aromatic N) is 1. The van der Waals surface area contributed by atoms with Gasteiger partial charge in [0.05, 0.1) is 82.2 Å². The lowest BCUT2D eigenvalue weighted by Gasteiger charge is -2.41. The van der Waals surface area contributed by atoms with Gasteiger partial charge in [-0.05, 0) is 55.5 Å². The predicted octanol–water partition coefficient (Wildman–Crippen LogP) is -12.8. The number of nitrogens with one attached hydrogen (secondary N) is 13. The first-order valence-corrected chi connectivity index (χ1v) is 38.8. The molecule has 1 unspecified atom stereocenters. The molecule has 0 saturated carbocycles. The lowest BCUT2D eigenvalue weighted by molar-refractivity contribution is -0.923. The summed E-state index contributed by atoms with van der Waals surface area (Å²) in [7, 11) is 0. The molecule has 3 aromatic rings. The van der Waals surface area contributed by atoms with E-state index in [4.69, 9.17) is 16.2 Å². The predicted molar refractivity (Wildman–Crippen MR) is 416 cm³/mol. The number of benzene rings is 3. The number of carbonyl (C=O) groups excluding carboxylic acids is 15. The van der Waals surface area contributed by atoms with E-state index in [9.17, 15) is 119 Å². The number of quaternary nitrogens is 1. The molecule has 0 spiro atoms. The van der Waals surface area contributed by atoms with E-state index in [1.165, 1.54) is 37.3 Å². The fourth-order valence-electron chi connectivity index (χ4n) is 13.3. The van der Waals surface area contributed by atoms with E-state index >= 15 is 9.59 Å². The molecule has 22 atom stereocenters. The summed E-state index contributed by atoms with van der Waals surface area (Å²) in [6, 6.07) is -0.629. The summed E-state index contributed by atoms with van der Waals surface area (Å²) in [5.41, 5.74) is 12.6. The molecule has 4 bridgehead atoms. The summed E-state index contributed by atoms with van der Waals surface area (Å²) in [5, 5.41) is 152. The van der Waals surface area contributed by atoms with Crippen LogP contribution in [0.1, 0.15) is 81.9 Å². The van der Waals surface area contributed by atoms with E-state index < -0.39 is 301 Å². The number of ether oxygens (including phenoxy) is 1. The van der Waals surface area contributed by atoms with Gasteiger partial charge in [-0.1, -0.05) is 119 Å². The summed E-state index contributed by atoms with van der Waals surface area (Å²) in [4.78, 5) is 215. The zero-order valence-electron chi connectivity index (χ0n) is 65.1. The number of fused-ring (bicyclic) bond motifs is 2. The van der Waals surface area contributed by atoms with Crippen LogP contribution in [0.4, 0.5) is 0 Å². The first-order valence-electron chi connectivity index (χ1n) is 38.0. The first-order chi connectivity index (χ1) is 56.8. The monoisotopic (exact) mass is 1750 g/mol. The van der Waals surface area contributed by atoms with Crippen molar-refractivity contribution in [3.05, 3.63) is 136 Å². The lowest BCUT2D eigenvalue weighted by atomic mass is 9.92. The van der Waals surface area contributed by atoms with Crippen molar-refractivity contribution >= 4 is 111 Å². The van der Waals surface area contributed by atoms with Crippen molar-refractivity contribution in [1.29, 1.82) is 0 Å². The molecular formula is C76H101BrN16O27. The van der Waals surface area contributed by atoms with Crippen LogP contribution in [0.2, 0.25) is 0 Å². The fourth-order valence-corrected chi connectivity index (χ4v) is 13.6. The maximum atomic E-state index is 15.4. The molecular weight excluding hydrogens is 1650 g/mol. The fraction of sp³-hybridized carbons (Fsp3) is 0.487. The van der Waals surface area contributed by atoms with Gasteiger partial charge in [-0.2, -0.15) is 0 Å². The molecule has 4 aliphatic heterocycles. The topological polar surface area (TPSA) is 695 Å². The number of rotatable bonds is 18. The van der Waals surface area contributed by atoms with E-state index in [1.807, 2.05) is 10.6 Å². The van der Waals surface area contributed by atoms with Gasteiger partial charge in [-0.3, -0.25) is 72.0 Å². The minimum Gasteiger partial charge on any atom is -0.548 e. The Morgan fingerprint density at radius 2 is 1.18 bits per heavy atom. The van der Waals surface area contributed by atoms with Gasteiger partial charge in [0.1, 0.15) is 84.5 Å². The van der Waals surface area contributed by atoms with Gasteiger partial charge in [-0.25, -0.2) is 0 Å². The van der Waals surface area contributed by atoms with E-state index in [2.05, 4.69) is 69.1 Å². The van der Waals surface area contributed by atoms with E-state index in [0.29, 0.717) is 21.2 Å². The number of aliphatic hydroxyl groups excluding tert-OH is 10. The minimum atomic E-state index is -2.76. The molecule has 43 nitrogen and oxygen atoms in total. The Labute approximate surface area is 694 Å². The van der Waals surface area contributed by atoms with Crippen LogP contribution in [0.25, 0.3) is 6.08 Å². The third kappa shape index (κ3) is 27.4. The lowest BCUT2D eigenvalue weighted by Crippen LogP contribution is -3.16. The molecule has 44 heteroatoms. The molecule has 120 heavy (non-hydrogen) atoms. The zero-order chi connectivity index (χ0) is 88.5. The smallest absolute Gasteiger partial charge is 0.251 e. The van der Waals surface area contributed by atoms with E-state index in [0.717, 1.165) is 18.0 Å². The van der Waals surface area contributed by atoms with Crippen molar-refractivity contribution in [2.75, 3.05) is 39.6 Å². The Kier molecular flexibility index (Phi) is 36.1. The summed E-state index contributed by atoms with van der Waals surface area (Å²) in [5.74, 6) is -23.0.